The summed E-state index contributed by atoms with van der Waals surface area (Å²) in [6, 6.07) is 25.1. The Morgan fingerprint density at radius 2 is 1.44 bits per heavy atom. The van der Waals surface area contributed by atoms with Crippen LogP contribution in [-0.4, -0.2) is 54.7 Å². The minimum Gasteiger partial charge on any atom is -0.496 e. The zero-order valence-electron chi connectivity index (χ0n) is 18.2. The van der Waals surface area contributed by atoms with Crippen molar-refractivity contribution < 1.29 is 14.3 Å². The number of methoxy groups -OCH3 is 1. The minimum absolute atomic E-state index is 0.154. The number of nitrogens with zero attached hydrogens (tertiary/aromatic N) is 2. The molecule has 162 valence electrons. The summed E-state index contributed by atoms with van der Waals surface area (Å²) in [6.45, 7) is 3.71. The van der Waals surface area contributed by atoms with Crippen molar-refractivity contribution in [2.24, 2.45) is 0 Å². The van der Waals surface area contributed by atoms with E-state index in [0.29, 0.717) is 30.0 Å². The van der Waals surface area contributed by atoms with Crippen LogP contribution in [0.2, 0.25) is 0 Å². The second kappa shape index (κ2) is 8.34. The van der Waals surface area contributed by atoms with E-state index in [1.54, 1.807) is 18.2 Å². The van der Waals surface area contributed by atoms with Gasteiger partial charge in [-0.25, -0.2) is 0 Å². The molecule has 1 saturated heterocycles. The normalized spacial score (nSPS) is 21.5. The van der Waals surface area contributed by atoms with Crippen LogP contribution < -0.4 is 4.74 Å². The second-order valence-electron chi connectivity index (χ2n) is 8.37. The van der Waals surface area contributed by atoms with E-state index in [1.165, 1.54) is 12.7 Å². The number of Topliss-reactive ketones (excluding diaryl/α,β-unsaturated/α-hetero) is 2. The lowest BCUT2D eigenvalue weighted by Crippen LogP contribution is -2.60. The molecule has 1 aliphatic heterocycles. The molecular weight excluding hydrogens is 400 g/mol. The van der Waals surface area contributed by atoms with Gasteiger partial charge in [0.2, 0.25) is 0 Å². The van der Waals surface area contributed by atoms with Crippen LogP contribution in [0.5, 0.6) is 5.75 Å². The summed E-state index contributed by atoms with van der Waals surface area (Å²) in [5.41, 5.74) is 1.51. The maximum atomic E-state index is 14.0. The van der Waals surface area contributed by atoms with E-state index >= 15 is 0 Å². The molecule has 0 amide bonds. The van der Waals surface area contributed by atoms with Gasteiger partial charge in [0.25, 0.3) is 0 Å². The zero-order chi connectivity index (χ0) is 22.1. The number of hydrogen-bond acceptors (Lipinski definition) is 5. The molecule has 0 bridgehead atoms. The van der Waals surface area contributed by atoms with E-state index in [4.69, 9.17) is 4.74 Å². The first kappa shape index (κ1) is 20.6. The fraction of sp³-hybridized carbons (Fsp3) is 0.259. The van der Waals surface area contributed by atoms with Crippen LogP contribution in [0.25, 0.3) is 0 Å². The van der Waals surface area contributed by atoms with Gasteiger partial charge in [-0.2, -0.15) is 0 Å². The molecule has 5 rings (SSSR count). The van der Waals surface area contributed by atoms with Crippen molar-refractivity contribution in [1.82, 2.24) is 9.80 Å². The van der Waals surface area contributed by atoms with Gasteiger partial charge in [0, 0.05) is 38.3 Å². The number of piperazine rings is 1. The molecule has 0 radical (unpaired) electrons. The van der Waals surface area contributed by atoms with Crippen molar-refractivity contribution in [3.05, 3.63) is 101 Å². The molecule has 3 aromatic rings. The molecule has 1 fully saturated rings. The molecule has 1 aliphatic carbocycles. The monoisotopic (exact) mass is 426 g/mol. The van der Waals surface area contributed by atoms with Crippen molar-refractivity contribution in [1.29, 1.82) is 0 Å². The van der Waals surface area contributed by atoms with E-state index in [2.05, 4.69) is 34.1 Å². The SMILES string of the molecule is COc1cccc2c1C(=O)C(c1ccccc1)(N1CCN(Cc3ccccc3)CC1)C2=O. The number of carbonyl (C=O) groups excluding carboxylic acids is 2. The van der Waals surface area contributed by atoms with Crippen LogP contribution >= 0.6 is 0 Å². The Balaban J connectivity index is 1.50. The average Bonchev–Trinajstić information content (AvgIpc) is 3.08. The van der Waals surface area contributed by atoms with E-state index in [1.807, 2.05) is 36.4 Å². The highest BCUT2D eigenvalue weighted by atomic mass is 16.5. The Morgan fingerprint density at radius 1 is 0.781 bits per heavy atom. The van der Waals surface area contributed by atoms with Gasteiger partial charge in [-0.15, -0.1) is 0 Å². The fourth-order valence-corrected chi connectivity index (χ4v) is 5.10. The first-order valence-corrected chi connectivity index (χ1v) is 11.0. The summed E-state index contributed by atoms with van der Waals surface area (Å²) < 4.78 is 5.48. The van der Waals surface area contributed by atoms with Crippen LogP contribution in [-0.2, 0) is 12.1 Å². The highest BCUT2D eigenvalue weighted by Crippen LogP contribution is 2.45. The number of benzene rings is 3. The smallest absolute Gasteiger partial charge is 0.200 e. The first-order chi connectivity index (χ1) is 15.7. The zero-order valence-corrected chi connectivity index (χ0v) is 18.2. The van der Waals surface area contributed by atoms with Crippen LogP contribution in [0.3, 0.4) is 0 Å². The Labute approximate surface area is 188 Å². The summed E-state index contributed by atoms with van der Waals surface area (Å²) in [6.07, 6.45) is 0. The highest BCUT2D eigenvalue weighted by molar-refractivity contribution is 6.33. The van der Waals surface area contributed by atoms with Gasteiger partial charge in [0.15, 0.2) is 17.1 Å². The Morgan fingerprint density at radius 3 is 2.09 bits per heavy atom. The predicted molar refractivity (Wildman–Crippen MR) is 123 cm³/mol. The third-order valence-electron chi connectivity index (χ3n) is 6.66. The van der Waals surface area contributed by atoms with E-state index in [0.717, 1.165) is 25.2 Å². The quantitative estimate of drug-likeness (QED) is 0.581. The number of rotatable bonds is 5. The topological polar surface area (TPSA) is 49.9 Å². The lowest BCUT2D eigenvalue weighted by atomic mass is 9.82. The summed E-state index contributed by atoms with van der Waals surface area (Å²) >= 11 is 0. The van der Waals surface area contributed by atoms with Crippen LogP contribution in [0.1, 0.15) is 31.8 Å². The van der Waals surface area contributed by atoms with Crippen molar-refractivity contribution in [2.45, 2.75) is 12.1 Å². The third-order valence-corrected chi connectivity index (χ3v) is 6.66. The number of ether oxygens (including phenoxy) is 1. The van der Waals surface area contributed by atoms with E-state index in [-0.39, 0.29) is 11.6 Å². The fourth-order valence-electron chi connectivity index (χ4n) is 5.10. The maximum Gasteiger partial charge on any atom is 0.200 e. The van der Waals surface area contributed by atoms with Crippen molar-refractivity contribution in [3.8, 4) is 5.75 Å². The van der Waals surface area contributed by atoms with Gasteiger partial charge < -0.3 is 4.74 Å². The molecule has 5 nitrogen and oxygen atoms in total. The van der Waals surface area contributed by atoms with Crippen LogP contribution in [0.4, 0.5) is 0 Å². The van der Waals surface area contributed by atoms with Crippen LogP contribution in [0, 0.1) is 0 Å². The van der Waals surface area contributed by atoms with E-state index < -0.39 is 5.54 Å². The Kier molecular flexibility index (Phi) is 5.37. The molecule has 32 heavy (non-hydrogen) atoms. The van der Waals surface area contributed by atoms with Gasteiger partial charge in [-0.3, -0.25) is 19.4 Å². The number of carbonyl (C=O) groups is 2. The van der Waals surface area contributed by atoms with Crippen molar-refractivity contribution in [2.75, 3.05) is 33.3 Å². The third kappa shape index (κ3) is 3.17. The molecule has 0 N–H and O–H groups in total. The molecule has 1 unspecified atom stereocenters. The molecule has 3 aromatic carbocycles. The first-order valence-electron chi connectivity index (χ1n) is 11.0. The van der Waals surface area contributed by atoms with Gasteiger partial charge in [-0.05, 0) is 17.2 Å². The Bertz CT molecular complexity index is 1140. The standard InChI is InChI=1S/C27H26N2O3/c1-32-23-14-8-13-22-24(23)26(31)27(25(22)30,21-11-6-3-7-12-21)29-17-15-28(16-18-29)19-20-9-4-2-5-10-20/h2-14H,15-19H2,1H3. The van der Waals surface area contributed by atoms with E-state index in [9.17, 15) is 9.59 Å². The highest BCUT2D eigenvalue weighted by Gasteiger charge is 2.59. The maximum absolute atomic E-state index is 14.0. The van der Waals surface area contributed by atoms with Gasteiger partial charge >= 0.3 is 0 Å². The lowest BCUT2D eigenvalue weighted by molar-refractivity contribution is 0.0278. The molecule has 2 aliphatic rings. The average molecular weight is 427 g/mol. The molecule has 0 aromatic heterocycles. The summed E-state index contributed by atoms with van der Waals surface area (Å²) in [7, 11) is 1.54. The summed E-state index contributed by atoms with van der Waals surface area (Å²) in [4.78, 5) is 32.4. The van der Waals surface area contributed by atoms with Crippen molar-refractivity contribution in [3.63, 3.8) is 0 Å². The second-order valence-corrected chi connectivity index (χ2v) is 8.37. The number of hydrogen-bond donors (Lipinski definition) is 0. The largest absolute Gasteiger partial charge is 0.496 e. The van der Waals surface area contributed by atoms with Gasteiger partial charge in [0.1, 0.15) is 5.75 Å². The molecule has 0 spiro atoms. The minimum atomic E-state index is -1.34. The molecule has 1 atom stereocenters. The molecule has 0 saturated carbocycles. The Hall–Kier alpha value is -3.28. The summed E-state index contributed by atoms with van der Waals surface area (Å²) in [5, 5.41) is 0. The number of fused-ring (bicyclic) bond motifs is 1. The lowest BCUT2D eigenvalue weighted by Gasteiger charge is -2.44. The molecule has 5 heteroatoms. The molecule has 1 heterocycles. The molecular formula is C27H26N2O3. The summed E-state index contributed by atoms with van der Waals surface area (Å²) in [5.74, 6) is 0.123. The van der Waals surface area contributed by atoms with Gasteiger partial charge in [-0.1, -0.05) is 72.8 Å². The van der Waals surface area contributed by atoms with Crippen LogP contribution in [0.15, 0.2) is 78.9 Å². The predicted octanol–water partition coefficient (Wildman–Crippen LogP) is 3.79. The van der Waals surface area contributed by atoms with Gasteiger partial charge in [0.05, 0.1) is 12.7 Å². The number of ketones is 2. The van der Waals surface area contributed by atoms with Crippen molar-refractivity contribution >= 4 is 11.6 Å².